The average molecular weight is 485 g/mol. The van der Waals surface area contributed by atoms with Gasteiger partial charge in [0, 0.05) is 19.5 Å². The van der Waals surface area contributed by atoms with Crippen molar-refractivity contribution in [1.29, 1.82) is 0 Å². The fourth-order valence-electron chi connectivity index (χ4n) is 2.60. The van der Waals surface area contributed by atoms with Gasteiger partial charge in [0.05, 0.1) is 18.8 Å². The van der Waals surface area contributed by atoms with Crippen LogP contribution in [0.15, 0.2) is 25.6 Å². The molecule has 2 unspecified atom stereocenters. The van der Waals surface area contributed by atoms with Gasteiger partial charge >= 0.3 is 0 Å². The molecule has 0 aromatic heterocycles. The summed E-state index contributed by atoms with van der Waals surface area (Å²) in [4.78, 5) is 14.3. The molecule has 1 aliphatic heterocycles. The third kappa shape index (κ3) is 4.28. The van der Waals surface area contributed by atoms with Crippen LogP contribution in [0.1, 0.15) is 13.3 Å². The molecule has 116 valence electrons. The highest BCUT2D eigenvalue weighted by molar-refractivity contribution is 9.11. The molecular weight excluding hydrogens is 468 g/mol. The van der Waals surface area contributed by atoms with Crippen LogP contribution >= 0.6 is 47.8 Å². The third-order valence-corrected chi connectivity index (χ3v) is 5.51. The normalized spacial score (nSPS) is 22.5. The Bertz CT molecular complexity index is 516. The number of carbonyl (C=O) groups excluding carboxylic acids is 1. The second-order valence-electron chi connectivity index (χ2n) is 5.28. The molecule has 1 saturated heterocycles. The van der Waals surface area contributed by atoms with Gasteiger partial charge in [-0.05, 0) is 62.9 Å². The Hall–Kier alpha value is 0.0500. The maximum atomic E-state index is 12.2. The molecule has 4 nitrogen and oxygen atoms in total. The summed E-state index contributed by atoms with van der Waals surface area (Å²) in [7, 11) is 0. The summed E-state index contributed by atoms with van der Waals surface area (Å²) in [6.07, 6.45) is 1.02. The minimum atomic E-state index is -0.0775. The number of halogens is 3. The number of benzene rings is 1. The molecule has 1 fully saturated rings. The highest BCUT2D eigenvalue weighted by Gasteiger charge is 2.31. The minimum Gasteiger partial charge on any atom is -0.395 e. The van der Waals surface area contributed by atoms with E-state index in [1.54, 1.807) is 0 Å². The van der Waals surface area contributed by atoms with Gasteiger partial charge in [-0.3, -0.25) is 9.69 Å². The Balaban J connectivity index is 2.03. The minimum absolute atomic E-state index is 0.0764. The molecule has 0 saturated carbocycles. The van der Waals surface area contributed by atoms with E-state index < -0.39 is 0 Å². The van der Waals surface area contributed by atoms with Crippen LogP contribution in [0.4, 0.5) is 5.69 Å². The third-order valence-electron chi connectivity index (χ3n) is 3.80. The average Bonchev–Trinajstić information content (AvgIpc) is 2.74. The van der Waals surface area contributed by atoms with Crippen LogP contribution in [0.25, 0.3) is 0 Å². The van der Waals surface area contributed by atoms with Crippen molar-refractivity contribution in [1.82, 2.24) is 4.90 Å². The first-order valence-corrected chi connectivity index (χ1v) is 9.09. The second kappa shape index (κ2) is 7.55. The standard InChI is InChI=1S/C14H17Br3N2O2/c1-8-2-3-19(12(8)7-20)6-13(21)18-14-10(16)4-9(15)5-11(14)17/h4-5,8,12,20H,2-3,6-7H2,1H3,(H,18,21). The molecular formula is C14H17Br3N2O2. The predicted octanol–water partition coefficient (Wildman–Crippen LogP) is 3.62. The number of amides is 1. The van der Waals surface area contributed by atoms with Crippen LogP contribution in [0.2, 0.25) is 0 Å². The summed E-state index contributed by atoms with van der Waals surface area (Å²) < 4.78 is 2.55. The molecule has 1 aromatic rings. The van der Waals surface area contributed by atoms with E-state index in [0.29, 0.717) is 12.5 Å². The lowest BCUT2D eigenvalue weighted by atomic mass is 10.0. The second-order valence-corrected chi connectivity index (χ2v) is 7.90. The Morgan fingerprint density at radius 1 is 1.38 bits per heavy atom. The molecule has 0 radical (unpaired) electrons. The summed E-state index contributed by atoms with van der Waals surface area (Å²) in [5, 5.41) is 12.3. The van der Waals surface area contributed by atoms with Gasteiger partial charge in [0.25, 0.3) is 0 Å². The molecule has 1 aromatic carbocycles. The van der Waals surface area contributed by atoms with Crippen molar-refractivity contribution in [2.45, 2.75) is 19.4 Å². The van der Waals surface area contributed by atoms with E-state index in [1.807, 2.05) is 17.0 Å². The number of hydrogen-bond acceptors (Lipinski definition) is 3. The van der Waals surface area contributed by atoms with E-state index >= 15 is 0 Å². The highest BCUT2D eigenvalue weighted by atomic mass is 79.9. The van der Waals surface area contributed by atoms with Crippen molar-refractivity contribution >= 4 is 59.4 Å². The van der Waals surface area contributed by atoms with Crippen molar-refractivity contribution in [3.05, 3.63) is 25.6 Å². The smallest absolute Gasteiger partial charge is 0.238 e. The number of aliphatic hydroxyl groups is 1. The van der Waals surface area contributed by atoms with Gasteiger partial charge in [-0.1, -0.05) is 22.9 Å². The van der Waals surface area contributed by atoms with Crippen LogP contribution in [0.3, 0.4) is 0 Å². The zero-order chi connectivity index (χ0) is 15.6. The first-order valence-electron chi connectivity index (χ1n) is 6.71. The number of rotatable bonds is 4. The maximum absolute atomic E-state index is 12.2. The molecule has 2 N–H and O–H groups in total. The monoisotopic (exact) mass is 482 g/mol. The van der Waals surface area contributed by atoms with Crippen LogP contribution in [-0.2, 0) is 4.79 Å². The van der Waals surface area contributed by atoms with Gasteiger partial charge in [-0.2, -0.15) is 0 Å². The molecule has 0 bridgehead atoms. The lowest BCUT2D eigenvalue weighted by Crippen LogP contribution is -2.40. The lowest BCUT2D eigenvalue weighted by molar-refractivity contribution is -0.117. The summed E-state index contributed by atoms with van der Waals surface area (Å²) in [6.45, 7) is 3.35. The first-order chi connectivity index (χ1) is 9.92. The Kier molecular flexibility index (Phi) is 6.25. The van der Waals surface area contributed by atoms with Gasteiger partial charge in [0.1, 0.15) is 0 Å². The fourth-order valence-corrected chi connectivity index (χ4v) is 5.06. The molecule has 1 amide bonds. The number of anilines is 1. The number of hydrogen-bond donors (Lipinski definition) is 2. The van der Waals surface area contributed by atoms with E-state index in [0.717, 1.165) is 32.1 Å². The molecule has 2 rings (SSSR count). The summed E-state index contributed by atoms with van der Waals surface area (Å²) in [5.74, 6) is 0.347. The molecule has 1 heterocycles. The van der Waals surface area contributed by atoms with E-state index in [1.165, 1.54) is 0 Å². The van der Waals surface area contributed by atoms with Crippen molar-refractivity contribution < 1.29 is 9.90 Å². The topological polar surface area (TPSA) is 52.6 Å². The summed E-state index contributed by atoms with van der Waals surface area (Å²) in [5.41, 5.74) is 0.719. The maximum Gasteiger partial charge on any atom is 0.238 e. The van der Waals surface area contributed by atoms with Gasteiger partial charge in [0.15, 0.2) is 0 Å². The molecule has 0 aliphatic carbocycles. The zero-order valence-electron chi connectivity index (χ0n) is 11.6. The molecule has 2 atom stereocenters. The van der Waals surface area contributed by atoms with Gasteiger partial charge in [-0.25, -0.2) is 0 Å². The van der Waals surface area contributed by atoms with Crippen molar-refractivity contribution in [3.63, 3.8) is 0 Å². The van der Waals surface area contributed by atoms with E-state index in [-0.39, 0.29) is 18.6 Å². The number of carbonyl (C=O) groups is 1. The van der Waals surface area contributed by atoms with E-state index in [9.17, 15) is 9.90 Å². The fraction of sp³-hybridized carbons (Fsp3) is 0.500. The number of aliphatic hydroxyl groups excluding tert-OH is 1. The Labute approximate surface area is 149 Å². The van der Waals surface area contributed by atoms with Crippen LogP contribution in [0.5, 0.6) is 0 Å². The van der Waals surface area contributed by atoms with Crippen LogP contribution in [0, 0.1) is 5.92 Å². The molecule has 1 aliphatic rings. The van der Waals surface area contributed by atoms with Gasteiger partial charge in [0.2, 0.25) is 5.91 Å². The van der Waals surface area contributed by atoms with Gasteiger partial charge < -0.3 is 10.4 Å². The molecule has 7 heteroatoms. The lowest BCUT2D eigenvalue weighted by Gasteiger charge is -2.24. The zero-order valence-corrected chi connectivity index (χ0v) is 16.3. The Morgan fingerprint density at radius 3 is 2.57 bits per heavy atom. The number of nitrogens with one attached hydrogen (secondary N) is 1. The molecule has 21 heavy (non-hydrogen) atoms. The van der Waals surface area contributed by atoms with E-state index in [4.69, 9.17) is 0 Å². The van der Waals surface area contributed by atoms with Crippen molar-refractivity contribution in [2.24, 2.45) is 5.92 Å². The summed E-state index contributed by atoms with van der Waals surface area (Å²) in [6, 6.07) is 3.84. The number of nitrogens with zero attached hydrogens (tertiary/aromatic N) is 1. The first kappa shape index (κ1) is 17.4. The quantitative estimate of drug-likeness (QED) is 0.686. The van der Waals surface area contributed by atoms with Gasteiger partial charge in [-0.15, -0.1) is 0 Å². The van der Waals surface area contributed by atoms with Crippen molar-refractivity contribution in [2.75, 3.05) is 25.0 Å². The number of likely N-dealkylation sites (tertiary alicyclic amines) is 1. The SMILES string of the molecule is CC1CCN(CC(=O)Nc2c(Br)cc(Br)cc2Br)C1CO. The molecule has 0 spiro atoms. The van der Waals surface area contributed by atoms with E-state index in [2.05, 4.69) is 60.0 Å². The van der Waals surface area contributed by atoms with Crippen molar-refractivity contribution in [3.8, 4) is 0 Å². The van der Waals surface area contributed by atoms with Crippen LogP contribution in [-0.4, -0.2) is 41.7 Å². The van der Waals surface area contributed by atoms with Crippen LogP contribution < -0.4 is 5.32 Å². The highest BCUT2D eigenvalue weighted by Crippen LogP contribution is 2.34. The summed E-state index contributed by atoms with van der Waals surface area (Å²) >= 11 is 10.3. The predicted molar refractivity (Wildman–Crippen MR) is 94.4 cm³/mol. The largest absolute Gasteiger partial charge is 0.395 e. The Morgan fingerprint density at radius 2 is 2.00 bits per heavy atom.